The van der Waals surface area contributed by atoms with Crippen molar-refractivity contribution < 1.29 is 9.59 Å². The van der Waals surface area contributed by atoms with Crippen molar-refractivity contribution in [1.29, 1.82) is 0 Å². The Hall–Kier alpha value is -2.50. The van der Waals surface area contributed by atoms with Crippen LogP contribution in [-0.4, -0.2) is 38.3 Å². The minimum Gasteiger partial charge on any atom is -0.356 e. The number of hydrogen-bond donors (Lipinski definition) is 1. The van der Waals surface area contributed by atoms with Gasteiger partial charge < -0.3 is 4.98 Å². The fourth-order valence-corrected chi connectivity index (χ4v) is 5.25. The third-order valence-electron chi connectivity index (χ3n) is 5.98. The summed E-state index contributed by atoms with van der Waals surface area (Å²) in [5.74, 6) is -0.168. The maximum atomic E-state index is 13.5. The van der Waals surface area contributed by atoms with Crippen molar-refractivity contribution in [3.8, 4) is 0 Å². The Labute approximate surface area is 184 Å². The number of para-hydroxylation sites is 1. The number of carbonyl (C=O) groups is 2. The molecule has 0 saturated carbocycles. The van der Waals surface area contributed by atoms with Crippen LogP contribution in [0.4, 0.5) is 4.79 Å². The average molecular weight is 442 g/mol. The summed E-state index contributed by atoms with van der Waals surface area (Å²) in [6, 6.07) is 11.9. The highest BCUT2D eigenvalue weighted by Crippen LogP contribution is 2.46. The summed E-state index contributed by atoms with van der Waals surface area (Å²) in [7, 11) is 0. The molecule has 1 N–H and O–H groups in total. The first kappa shape index (κ1) is 19.5. The molecule has 0 spiro atoms. The van der Waals surface area contributed by atoms with Gasteiger partial charge in [-0.25, -0.2) is 4.79 Å². The smallest absolute Gasteiger partial charge is 0.328 e. The number of fused-ring (bicyclic) bond motifs is 4. The van der Waals surface area contributed by atoms with Crippen molar-refractivity contribution >= 4 is 46.0 Å². The Balaban J connectivity index is 1.77. The third kappa shape index (κ3) is 2.69. The average Bonchev–Trinajstić information content (AvgIpc) is 3.16. The number of carbonyl (C=O) groups excluding carboxylic acids is 2. The van der Waals surface area contributed by atoms with E-state index in [1.165, 1.54) is 4.90 Å². The number of halogens is 2. The second-order valence-electron chi connectivity index (χ2n) is 8.89. The molecule has 2 aliphatic heterocycles. The van der Waals surface area contributed by atoms with E-state index >= 15 is 0 Å². The Kier molecular flexibility index (Phi) is 4.21. The molecule has 0 radical (unpaired) electrons. The first-order chi connectivity index (χ1) is 14.2. The standard InChI is InChI=1S/C23H21Cl2N3O2/c1-23(2,3)28-21(29)18-11-15-13-6-4-5-7-17(13)26-19(15)20(27(18)22(28)30)14-9-8-12(24)10-16(14)25/h4-10,18,20,26H,11H2,1-3H3/t18-,20+/m0/s1. The van der Waals surface area contributed by atoms with Crippen LogP contribution < -0.4 is 0 Å². The normalized spacial score (nSPS) is 21.4. The number of hydrogen-bond acceptors (Lipinski definition) is 2. The highest BCUT2D eigenvalue weighted by molar-refractivity contribution is 6.35. The SMILES string of the molecule is CC(C)(C)N1C(=O)[C@@H]2Cc3c([nH]c4ccccc34)[C@@H](c3ccc(Cl)cc3Cl)N2C1=O. The lowest BCUT2D eigenvalue weighted by Gasteiger charge is -2.36. The molecular formula is C23H21Cl2N3O2. The minimum atomic E-state index is -0.615. The van der Waals surface area contributed by atoms with E-state index in [0.717, 1.165) is 27.7 Å². The number of aromatic amines is 1. The van der Waals surface area contributed by atoms with Gasteiger partial charge in [-0.3, -0.25) is 14.6 Å². The van der Waals surface area contributed by atoms with Crippen LogP contribution in [0.3, 0.4) is 0 Å². The number of imide groups is 1. The van der Waals surface area contributed by atoms with Crippen molar-refractivity contribution in [1.82, 2.24) is 14.8 Å². The number of urea groups is 1. The Bertz CT molecular complexity index is 1210. The van der Waals surface area contributed by atoms with E-state index in [1.54, 1.807) is 17.0 Å². The molecule has 0 bridgehead atoms. The maximum absolute atomic E-state index is 13.5. The highest BCUT2D eigenvalue weighted by Gasteiger charge is 2.55. The third-order valence-corrected chi connectivity index (χ3v) is 6.54. The van der Waals surface area contributed by atoms with Crippen molar-refractivity contribution in [2.24, 2.45) is 0 Å². The predicted molar refractivity (Wildman–Crippen MR) is 118 cm³/mol. The van der Waals surface area contributed by atoms with Crippen LogP contribution in [0.5, 0.6) is 0 Å². The lowest BCUT2D eigenvalue weighted by Crippen LogP contribution is -2.46. The van der Waals surface area contributed by atoms with Gasteiger partial charge in [0.05, 0.1) is 0 Å². The molecule has 1 aromatic heterocycles. The number of benzene rings is 2. The summed E-state index contributed by atoms with van der Waals surface area (Å²) in [5.41, 5.74) is 3.06. The van der Waals surface area contributed by atoms with E-state index < -0.39 is 17.6 Å². The first-order valence-electron chi connectivity index (χ1n) is 9.89. The van der Waals surface area contributed by atoms with Gasteiger partial charge in [0, 0.05) is 38.6 Å². The fourth-order valence-electron chi connectivity index (χ4n) is 4.74. The summed E-state index contributed by atoms with van der Waals surface area (Å²) in [4.78, 5) is 33.5. The molecule has 3 heterocycles. The second-order valence-corrected chi connectivity index (χ2v) is 9.73. The van der Waals surface area contributed by atoms with Crippen LogP contribution in [-0.2, 0) is 11.2 Å². The monoisotopic (exact) mass is 441 g/mol. The van der Waals surface area contributed by atoms with Gasteiger partial charge in [0.2, 0.25) is 0 Å². The topological polar surface area (TPSA) is 56.4 Å². The van der Waals surface area contributed by atoms with Crippen LogP contribution in [0.1, 0.15) is 43.6 Å². The summed E-state index contributed by atoms with van der Waals surface area (Å²) >= 11 is 12.7. The summed E-state index contributed by atoms with van der Waals surface area (Å²) in [5, 5.41) is 2.05. The van der Waals surface area contributed by atoms with E-state index in [4.69, 9.17) is 23.2 Å². The number of aromatic nitrogens is 1. The van der Waals surface area contributed by atoms with E-state index in [0.29, 0.717) is 16.5 Å². The molecule has 0 unspecified atom stereocenters. The van der Waals surface area contributed by atoms with Crippen molar-refractivity contribution in [2.45, 2.75) is 44.8 Å². The van der Waals surface area contributed by atoms with Crippen molar-refractivity contribution in [3.05, 3.63) is 69.3 Å². The quantitative estimate of drug-likeness (QED) is 0.503. The lowest BCUT2D eigenvalue weighted by atomic mass is 9.89. The van der Waals surface area contributed by atoms with Crippen LogP contribution in [0.15, 0.2) is 42.5 Å². The molecule has 2 aliphatic rings. The molecule has 5 nitrogen and oxygen atoms in total. The Morgan fingerprint density at radius 1 is 1.07 bits per heavy atom. The number of rotatable bonds is 1. The molecule has 2 aromatic carbocycles. The van der Waals surface area contributed by atoms with Gasteiger partial charge in [-0.05, 0) is 50.1 Å². The zero-order chi connectivity index (χ0) is 21.4. The predicted octanol–water partition coefficient (Wildman–Crippen LogP) is 5.55. The number of nitrogens with one attached hydrogen (secondary N) is 1. The van der Waals surface area contributed by atoms with Crippen LogP contribution >= 0.6 is 23.2 Å². The van der Waals surface area contributed by atoms with E-state index in [9.17, 15) is 9.59 Å². The molecule has 154 valence electrons. The van der Waals surface area contributed by atoms with Gasteiger partial charge in [0.25, 0.3) is 5.91 Å². The Morgan fingerprint density at radius 3 is 2.50 bits per heavy atom. The molecule has 2 atom stereocenters. The molecule has 1 saturated heterocycles. The minimum absolute atomic E-state index is 0.168. The van der Waals surface area contributed by atoms with Gasteiger partial charge >= 0.3 is 6.03 Å². The maximum Gasteiger partial charge on any atom is 0.328 e. The van der Waals surface area contributed by atoms with E-state index in [2.05, 4.69) is 4.98 Å². The van der Waals surface area contributed by atoms with Crippen molar-refractivity contribution in [3.63, 3.8) is 0 Å². The summed E-state index contributed by atoms with van der Waals surface area (Å²) in [6.07, 6.45) is 0.470. The molecule has 30 heavy (non-hydrogen) atoms. The summed E-state index contributed by atoms with van der Waals surface area (Å²) < 4.78 is 0. The van der Waals surface area contributed by atoms with Crippen LogP contribution in [0.25, 0.3) is 10.9 Å². The largest absolute Gasteiger partial charge is 0.356 e. The number of H-pyrrole nitrogens is 1. The second kappa shape index (κ2) is 6.50. The van der Waals surface area contributed by atoms with Crippen molar-refractivity contribution in [2.75, 3.05) is 0 Å². The van der Waals surface area contributed by atoms with Gasteiger partial charge in [-0.1, -0.05) is 47.5 Å². The number of amides is 3. The zero-order valence-corrected chi connectivity index (χ0v) is 18.4. The van der Waals surface area contributed by atoms with E-state index in [1.807, 2.05) is 51.1 Å². The molecule has 5 rings (SSSR count). The molecule has 1 fully saturated rings. The highest BCUT2D eigenvalue weighted by atomic mass is 35.5. The fraction of sp³-hybridized carbons (Fsp3) is 0.304. The molecule has 7 heteroatoms. The van der Waals surface area contributed by atoms with Crippen LogP contribution in [0, 0.1) is 0 Å². The zero-order valence-electron chi connectivity index (χ0n) is 16.9. The van der Waals surface area contributed by atoms with Gasteiger partial charge in [-0.2, -0.15) is 0 Å². The summed E-state index contributed by atoms with van der Waals surface area (Å²) in [6.45, 7) is 5.63. The molecule has 3 aromatic rings. The van der Waals surface area contributed by atoms with Crippen LogP contribution in [0.2, 0.25) is 10.0 Å². The molecular weight excluding hydrogens is 421 g/mol. The molecule has 0 aliphatic carbocycles. The van der Waals surface area contributed by atoms with Gasteiger partial charge in [0.1, 0.15) is 12.1 Å². The van der Waals surface area contributed by atoms with Gasteiger partial charge in [-0.15, -0.1) is 0 Å². The molecule has 3 amide bonds. The van der Waals surface area contributed by atoms with Gasteiger partial charge in [0.15, 0.2) is 0 Å². The van der Waals surface area contributed by atoms with E-state index in [-0.39, 0.29) is 11.9 Å². The Morgan fingerprint density at radius 2 is 1.80 bits per heavy atom. The lowest BCUT2D eigenvalue weighted by molar-refractivity contribution is -0.131. The number of nitrogens with zero attached hydrogens (tertiary/aromatic N) is 2. The first-order valence-corrected chi connectivity index (χ1v) is 10.6.